The summed E-state index contributed by atoms with van der Waals surface area (Å²) in [4.78, 5) is 24.1. The fourth-order valence-electron chi connectivity index (χ4n) is 3.28. The van der Waals surface area contributed by atoms with E-state index in [1.54, 1.807) is 44.2 Å². The molecule has 0 saturated carbocycles. The molecule has 2 N–H and O–H groups in total. The Morgan fingerprint density at radius 1 is 1.03 bits per heavy atom. The highest BCUT2D eigenvalue weighted by molar-refractivity contribution is 6.30. The number of carbonyl (C=O) groups is 2. The zero-order valence-electron chi connectivity index (χ0n) is 18.0. The van der Waals surface area contributed by atoms with E-state index in [4.69, 9.17) is 11.6 Å². The lowest BCUT2D eigenvalue weighted by atomic mass is 10.1. The van der Waals surface area contributed by atoms with E-state index in [1.165, 1.54) is 16.8 Å². The number of nitrogens with zero attached hydrogens (tertiary/aromatic N) is 2. The Balaban J connectivity index is 1.60. The normalized spacial score (nSPS) is 11.3. The van der Waals surface area contributed by atoms with Gasteiger partial charge in [-0.2, -0.15) is 18.3 Å². The van der Waals surface area contributed by atoms with Gasteiger partial charge in [0.1, 0.15) is 0 Å². The van der Waals surface area contributed by atoms with Gasteiger partial charge in [-0.15, -0.1) is 0 Å². The third-order valence-electron chi connectivity index (χ3n) is 4.87. The summed E-state index contributed by atoms with van der Waals surface area (Å²) < 4.78 is 42.4. The Labute approximate surface area is 193 Å². The molecule has 33 heavy (non-hydrogen) atoms. The molecule has 174 valence electrons. The Bertz CT molecular complexity index is 1160. The molecule has 2 amide bonds. The lowest BCUT2D eigenvalue weighted by Crippen LogP contribution is -2.31. The molecule has 1 heterocycles. The van der Waals surface area contributed by atoms with Crippen molar-refractivity contribution < 1.29 is 22.8 Å². The second-order valence-corrected chi connectivity index (χ2v) is 7.90. The molecule has 0 aliphatic heterocycles. The number of hydrogen-bond acceptors (Lipinski definition) is 3. The van der Waals surface area contributed by atoms with E-state index in [-0.39, 0.29) is 36.7 Å². The molecule has 2 aromatic carbocycles. The number of nitrogens with one attached hydrogen (secondary N) is 2. The van der Waals surface area contributed by atoms with Gasteiger partial charge in [-0.1, -0.05) is 17.7 Å². The number of amides is 2. The zero-order valence-corrected chi connectivity index (χ0v) is 18.7. The molecule has 10 heteroatoms. The first-order valence-corrected chi connectivity index (χ1v) is 10.5. The highest BCUT2D eigenvalue weighted by Crippen LogP contribution is 2.33. The van der Waals surface area contributed by atoms with E-state index < -0.39 is 17.6 Å². The molecule has 0 bridgehead atoms. The average molecular weight is 479 g/mol. The van der Waals surface area contributed by atoms with E-state index in [1.807, 2.05) is 0 Å². The van der Waals surface area contributed by atoms with Gasteiger partial charge < -0.3 is 10.6 Å². The van der Waals surface area contributed by atoms with Crippen LogP contribution in [0.25, 0.3) is 5.69 Å². The molecule has 0 unspecified atom stereocenters. The molecule has 0 atom stereocenters. The third kappa shape index (κ3) is 6.35. The maximum absolute atomic E-state index is 13.7. The smallest absolute Gasteiger partial charge is 0.352 e. The van der Waals surface area contributed by atoms with Gasteiger partial charge in [0.05, 0.1) is 16.9 Å². The number of halogens is 4. The maximum atomic E-state index is 13.7. The zero-order chi connectivity index (χ0) is 24.2. The van der Waals surface area contributed by atoms with Crippen molar-refractivity contribution in [2.24, 2.45) is 0 Å². The van der Waals surface area contributed by atoms with Crippen LogP contribution in [0.5, 0.6) is 0 Å². The number of benzene rings is 2. The standard InChI is InChI=1S/C23H22ClF3N4O2/c1-14-11-15(2)31(30-14)19-8-5-17(20(12-19)23(25,26)27)13-29-21(32)9-10-28-22(33)16-3-6-18(24)7-4-16/h3-8,11-12H,9-10,13H2,1-2H3,(H,28,33)(H,29,32). The molecule has 6 nitrogen and oxygen atoms in total. The van der Waals surface area contributed by atoms with Gasteiger partial charge in [-0.3, -0.25) is 9.59 Å². The van der Waals surface area contributed by atoms with Crippen molar-refractivity contribution in [3.05, 3.63) is 81.6 Å². The van der Waals surface area contributed by atoms with E-state index in [2.05, 4.69) is 15.7 Å². The largest absolute Gasteiger partial charge is 0.416 e. The predicted octanol–water partition coefficient (Wildman–Crippen LogP) is 4.60. The van der Waals surface area contributed by atoms with Crippen molar-refractivity contribution in [2.75, 3.05) is 6.54 Å². The van der Waals surface area contributed by atoms with Gasteiger partial charge in [0.15, 0.2) is 0 Å². The minimum Gasteiger partial charge on any atom is -0.352 e. The van der Waals surface area contributed by atoms with E-state index >= 15 is 0 Å². The van der Waals surface area contributed by atoms with E-state index in [9.17, 15) is 22.8 Å². The van der Waals surface area contributed by atoms with Gasteiger partial charge in [0.25, 0.3) is 5.91 Å². The van der Waals surface area contributed by atoms with Crippen molar-refractivity contribution in [3.8, 4) is 5.69 Å². The van der Waals surface area contributed by atoms with Crippen molar-refractivity contribution in [3.63, 3.8) is 0 Å². The van der Waals surface area contributed by atoms with Crippen LogP contribution in [0.1, 0.15) is 39.3 Å². The monoisotopic (exact) mass is 478 g/mol. The van der Waals surface area contributed by atoms with Crippen LogP contribution in [0, 0.1) is 13.8 Å². The molecule has 0 saturated heterocycles. The minimum atomic E-state index is -4.60. The first kappa shape index (κ1) is 24.3. The van der Waals surface area contributed by atoms with Crippen molar-refractivity contribution in [2.45, 2.75) is 33.0 Å². The molecule has 0 aliphatic carbocycles. The fraction of sp³-hybridized carbons (Fsp3) is 0.261. The molecule has 0 fully saturated rings. The van der Waals surface area contributed by atoms with Crippen LogP contribution in [0.2, 0.25) is 5.02 Å². The van der Waals surface area contributed by atoms with Crippen LogP contribution in [-0.4, -0.2) is 28.1 Å². The second kappa shape index (κ2) is 10.1. The Morgan fingerprint density at radius 3 is 2.33 bits per heavy atom. The topological polar surface area (TPSA) is 76.0 Å². The molecule has 0 spiro atoms. The van der Waals surface area contributed by atoms with Gasteiger partial charge in [0.2, 0.25) is 5.91 Å². The van der Waals surface area contributed by atoms with Crippen LogP contribution < -0.4 is 10.6 Å². The van der Waals surface area contributed by atoms with Crippen molar-refractivity contribution in [1.29, 1.82) is 0 Å². The second-order valence-electron chi connectivity index (χ2n) is 7.47. The summed E-state index contributed by atoms with van der Waals surface area (Å²) >= 11 is 5.78. The maximum Gasteiger partial charge on any atom is 0.416 e. The Hall–Kier alpha value is -3.33. The van der Waals surface area contributed by atoms with Crippen molar-refractivity contribution >= 4 is 23.4 Å². The lowest BCUT2D eigenvalue weighted by molar-refractivity contribution is -0.138. The summed E-state index contributed by atoms with van der Waals surface area (Å²) in [5.41, 5.74) is 1.17. The van der Waals surface area contributed by atoms with Gasteiger partial charge in [0, 0.05) is 35.8 Å². The molecule has 0 aliphatic rings. The fourth-order valence-corrected chi connectivity index (χ4v) is 3.41. The van der Waals surface area contributed by atoms with Crippen LogP contribution in [-0.2, 0) is 17.5 Å². The molecule has 3 aromatic rings. The summed E-state index contributed by atoms with van der Waals surface area (Å²) in [7, 11) is 0. The minimum absolute atomic E-state index is 0.0380. The summed E-state index contributed by atoms with van der Waals surface area (Å²) in [6.45, 7) is 3.26. The number of hydrogen-bond donors (Lipinski definition) is 2. The van der Waals surface area contributed by atoms with Crippen LogP contribution in [0.15, 0.2) is 48.5 Å². The predicted molar refractivity (Wildman–Crippen MR) is 118 cm³/mol. The lowest BCUT2D eigenvalue weighted by Gasteiger charge is -2.16. The van der Waals surface area contributed by atoms with Crippen LogP contribution in [0.3, 0.4) is 0 Å². The number of carbonyl (C=O) groups excluding carboxylic acids is 2. The van der Waals surface area contributed by atoms with Crippen LogP contribution in [0.4, 0.5) is 13.2 Å². The van der Waals surface area contributed by atoms with Crippen LogP contribution >= 0.6 is 11.6 Å². The molecule has 0 radical (unpaired) electrons. The summed E-state index contributed by atoms with van der Waals surface area (Å²) in [6.07, 6.45) is -4.68. The summed E-state index contributed by atoms with van der Waals surface area (Å²) in [6, 6.07) is 11.9. The first-order chi connectivity index (χ1) is 15.5. The number of aryl methyl sites for hydroxylation is 2. The van der Waals surface area contributed by atoms with E-state index in [0.717, 1.165) is 6.07 Å². The summed E-state index contributed by atoms with van der Waals surface area (Å²) in [5.74, 6) is -0.860. The molecular formula is C23H22ClF3N4O2. The first-order valence-electron chi connectivity index (χ1n) is 10.1. The van der Waals surface area contributed by atoms with Crippen molar-refractivity contribution in [1.82, 2.24) is 20.4 Å². The van der Waals surface area contributed by atoms with Gasteiger partial charge in [-0.05, 0) is 61.9 Å². The number of rotatable bonds is 7. The number of aromatic nitrogens is 2. The SMILES string of the molecule is Cc1cc(C)n(-c2ccc(CNC(=O)CCNC(=O)c3ccc(Cl)cc3)c(C(F)(F)F)c2)n1. The highest BCUT2D eigenvalue weighted by atomic mass is 35.5. The summed E-state index contributed by atoms with van der Waals surface area (Å²) in [5, 5.41) is 9.77. The quantitative estimate of drug-likeness (QED) is 0.521. The molecular weight excluding hydrogens is 457 g/mol. The highest BCUT2D eigenvalue weighted by Gasteiger charge is 2.34. The van der Waals surface area contributed by atoms with Gasteiger partial charge in [-0.25, -0.2) is 4.68 Å². The Morgan fingerprint density at radius 2 is 1.73 bits per heavy atom. The molecule has 3 rings (SSSR count). The van der Waals surface area contributed by atoms with E-state index in [0.29, 0.717) is 22.0 Å². The third-order valence-corrected chi connectivity index (χ3v) is 5.13. The number of alkyl halides is 3. The van der Waals surface area contributed by atoms with Gasteiger partial charge >= 0.3 is 6.18 Å². The molecule has 1 aromatic heterocycles. The Kier molecular flexibility index (Phi) is 7.43. The average Bonchev–Trinajstić information content (AvgIpc) is 3.09.